The van der Waals surface area contributed by atoms with E-state index in [0.717, 1.165) is 5.56 Å². The predicted molar refractivity (Wildman–Crippen MR) is 121 cm³/mol. The lowest BCUT2D eigenvalue weighted by atomic mass is 9.88. The van der Waals surface area contributed by atoms with Gasteiger partial charge in [0.25, 0.3) is 0 Å². The zero-order valence-electron chi connectivity index (χ0n) is 17.4. The van der Waals surface area contributed by atoms with Crippen LogP contribution in [0.2, 0.25) is 5.15 Å². The Kier molecular flexibility index (Phi) is 7.53. The number of benzene rings is 1. The molecule has 172 valence electrons. The van der Waals surface area contributed by atoms with Gasteiger partial charge in [-0.2, -0.15) is 4.72 Å². The second kappa shape index (κ2) is 9.82. The minimum atomic E-state index is -4.19. The summed E-state index contributed by atoms with van der Waals surface area (Å²) in [5.74, 6) is -2.34. The van der Waals surface area contributed by atoms with Crippen LogP contribution in [-0.4, -0.2) is 28.9 Å². The van der Waals surface area contributed by atoms with Crippen LogP contribution in [0.4, 0.5) is 4.39 Å². The van der Waals surface area contributed by atoms with Gasteiger partial charge in [-0.1, -0.05) is 40.5 Å². The zero-order chi connectivity index (χ0) is 23.6. The van der Waals surface area contributed by atoms with Crippen LogP contribution in [0, 0.1) is 19.7 Å². The molecule has 0 spiro atoms. The molecule has 8 nitrogen and oxygen atoms in total. The molecule has 0 radical (unpaired) electrons. The average Bonchev–Trinajstić information content (AvgIpc) is 3.15. The van der Waals surface area contributed by atoms with Crippen molar-refractivity contribution in [2.24, 2.45) is 0 Å². The number of aryl methyl sites for hydroxylation is 2. The predicted octanol–water partition coefficient (Wildman–Crippen LogP) is 3.93. The van der Waals surface area contributed by atoms with Crippen LogP contribution in [0.5, 0.6) is 0 Å². The van der Waals surface area contributed by atoms with Crippen LogP contribution in [0.1, 0.15) is 47.2 Å². The molecule has 32 heavy (non-hydrogen) atoms. The van der Waals surface area contributed by atoms with Crippen molar-refractivity contribution < 1.29 is 17.2 Å². The van der Waals surface area contributed by atoms with E-state index in [1.807, 2.05) is 6.92 Å². The second-order valence-electron chi connectivity index (χ2n) is 7.26. The highest BCUT2D eigenvalue weighted by atomic mass is 79.9. The van der Waals surface area contributed by atoms with Crippen molar-refractivity contribution in [2.75, 3.05) is 5.33 Å². The van der Waals surface area contributed by atoms with Gasteiger partial charge >= 0.3 is 5.76 Å². The summed E-state index contributed by atoms with van der Waals surface area (Å²) in [6, 6.07) is 4.49. The SMILES string of the molecule is Cc1ccc(F)c(C(C)[C@H](NS(=O)(=O)c2ccc(Cl)nc2CCBr)c2n[nH]c(=O)o2)c1C. The zero-order valence-corrected chi connectivity index (χ0v) is 20.6. The van der Waals surface area contributed by atoms with Gasteiger partial charge < -0.3 is 4.42 Å². The van der Waals surface area contributed by atoms with E-state index < -0.39 is 33.6 Å². The number of nitrogens with zero attached hydrogens (tertiary/aromatic N) is 2. The molecule has 3 rings (SSSR count). The lowest BCUT2D eigenvalue weighted by molar-refractivity contribution is 0.376. The summed E-state index contributed by atoms with van der Waals surface area (Å²) in [6.45, 7) is 5.20. The average molecular weight is 548 g/mol. The Morgan fingerprint density at radius 3 is 2.62 bits per heavy atom. The summed E-state index contributed by atoms with van der Waals surface area (Å²) in [4.78, 5) is 15.6. The van der Waals surface area contributed by atoms with Crippen LogP contribution in [0.3, 0.4) is 0 Å². The third kappa shape index (κ3) is 5.11. The van der Waals surface area contributed by atoms with Gasteiger partial charge in [-0.05, 0) is 48.7 Å². The number of hydrogen-bond acceptors (Lipinski definition) is 6. The molecule has 3 aromatic rings. The molecular formula is C20H21BrClFN4O4S. The Bertz CT molecular complexity index is 1290. The van der Waals surface area contributed by atoms with Gasteiger partial charge in [-0.15, -0.1) is 5.10 Å². The van der Waals surface area contributed by atoms with Crippen LogP contribution in [-0.2, 0) is 16.4 Å². The summed E-state index contributed by atoms with van der Waals surface area (Å²) < 4.78 is 49.1. The monoisotopic (exact) mass is 546 g/mol. The Morgan fingerprint density at radius 1 is 1.28 bits per heavy atom. The third-order valence-corrected chi connectivity index (χ3v) is 7.33. The number of pyridine rings is 1. The molecule has 0 aliphatic carbocycles. The number of rotatable bonds is 8. The van der Waals surface area contributed by atoms with Crippen molar-refractivity contribution in [3.05, 3.63) is 74.1 Å². The molecule has 1 unspecified atom stereocenters. The first-order chi connectivity index (χ1) is 15.0. The Morgan fingerprint density at radius 2 is 2.00 bits per heavy atom. The summed E-state index contributed by atoms with van der Waals surface area (Å²) in [7, 11) is -4.19. The molecule has 12 heteroatoms. The van der Waals surface area contributed by atoms with Gasteiger partial charge in [0, 0.05) is 17.7 Å². The number of halogens is 3. The first kappa shape index (κ1) is 24.6. The molecule has 0 saturated carbocycles. The largest absolute Gasteiger partial charge is 0.434 e. The molecule has 0 aliphatic rings. The lowest BCUT2D eigenvalue weighted by Crippen LogP contribution is -2.33. The topological polar surface area (TPSA) is 118 Å². The van der Waals surface area contributed by atoms with E-state index in [-0.39, 0.29) is 21.6 Å². The molecule has 0 aliphatic heterocycles. The highest BCUT2D eigenvalue weighted by Gasteiger charge is 2.34. The normalized spacial score (nSPS) is 13.8. The van der Waals surface area contributed by atoms with E-state index in [1.165, 1.54) is 18.2 Å². The lowest BCUT2D eigenvalue weighted by Gasteiger charge is -2.25. The molecule has 0 bridgehead atoms. The Balaban J connectivity index is 2.11. The highest BCUT2D eigenvalue weighted by Crippen LogP contribution is 2.35. The summed E-state index contributed by atoms with van der Waals surface area (Å²) >= 11 is 9.21. The number of H-pyrrole nitrogens is 1. The van der Waals surface area contributed by atoms with Gasteiger partial charge in [0.15, 0.2) is 0 Å². The van der Waals surface area contributed by atoms with Crippen LogP contribution >= 0.6 is 27.5 Å². The molecule has 2 aromatic heterocycles. The molecule has 2 heterocycles. The number of hydrogen-bond donors (Lipinski definition) is 2. The Labute approximate surface area is 197 Å². The number of sulfonamides is 1. The highest BCUT2D eigenvalue weighted by molar-refractivity contribution is 9.09. The summed E-state index contributed by atoms with van der Waals surface area (Å²) in [5.41, 5.74) is 2.04. The van der Waals surface area contributed by atoms with E-state index in [2.05, 4.69) is 35.8 Å². The van der Waals surface area contributed by atoms with Crippen LogP contribution in [0.15, 0.2) is 38.4 Å². The maximum Gasteiger partial charge on any atom is 0.434 e. The van der Waals surface area contributed by atoms with Crippen LogP contribution in [0.25, 0.3) is 0 Å². The fraction of sp³-hybridized carbons (Fsp3) is 0.350. The quantitative estimate of drug-likeness (QED) is 0.326. The standard InChI is InChI=1S/C20H21BrClFN4O4S/c1-10-4-5-13(23)17(11(10)2)12(3)18(19-25-26-20(28)31-19)27-32(29,30)15-6-7-16(22)24-14(15)8-9-21/h4-7,12,18,27H,8-9H2,1-3H3,(H,26,28)/t12?,18-/m0/s1. The van der Waals surface area contributed by atoms with Gasteiger partial charge in [0.05, 0.1) is 5.69 Å². The Hall–Kier alpha value is -2.08. The molecule has 0 saturated heterocycles. The van der Waals surface area contributed by atoms with Gasteiger partial charge in [-0.25, -0.2) is 27.7 Å². The van der Waals surface area contributed by atoms with Crippen molar-refractivity contribution in [3.63, 3.8) is 0 Å². The fourth-order valence-electron chi connectivity index (χ4n) is 3.48. The van der Waals surface area contributed by atoms with Crippen molar-refractivity contribution in [1.82, 2.24) is 19.9 Å². The molecule has 0 fully saturated rings. The van der Waals surface area contributed by atoms with Crippen molar-refractivity contribution in [1.29, 1.82) is 0 Å². The second-order valence-corrected chi connectivity index (χ2v) is 10.1. The number of aromatic amines is 1. The number of aromatic nitrogens is 3. The summed E-state index contributed by atoms with van der Waals surface area (Å²) in [5, 5.41) is 6.54. The van der Waals surface area contributed by atoms with Gasteiger partial charge in [0.1, 0.15) is 21.9 Å². The van der Waals surface area contributed by atoms with Gasteiger partial charge in [0.2, 0.25) is 15.9 Å². The fourth-order valence-corrected chi connectivity index (χ4v) is 5.49. The van der Waals surface area contributed by atoms with E-state index in [0.29, 0.717) is 22.9 Å². The van der Waals surface area contributed by atoms with Gasteiger partial charge in [-0.3, -0.25) is 0 Å². The smallest absolute Gasteiger partial charge is 0.391 e. The molecule has 1 aromatic carbocycles. The van der Waals surface area contributed by atoms with Crippen LogP contribution < -0.4 is 10.5 Å². The van der Waals surface area contributed by atoms with Crippen molar-refractivity contribution in [2.45, 2.75) is 44.0 Å². The minimum Gasteiger partial charge on any atom is -0.391 e. The number of alkyl halides is 1. The van der Waals surface area contributed by atoms with Crippen molar-refractivity contribution >= 4 is 37.6 Å². The first-order valence-corrected chi connectivity index (χ1v) is 12.6. The third-order valence-electron chi connectivity index (χ3n) is 5.21. The first-order valence-electron chi connectivity index (χ1n) is 9.60. The summed E-state index contributed by atoms with van der Waals surface area (Å²) in [6.07, 6.45) is 0.306. The molecule has 2 N–H and O–H groups in total. The van der Waals surface area contributed by atoms with E-state index in [4.69, 9.17) is 16.0 Å². The molecule has 2 atom stereocenters. The molecule has 0 amide bonds. The maximum absolute atomic E-state index is 14.8. The van der Waals surface area contributed by atoms with E-state index in [1.54, 1.807) is 19.9 Å². The minimum absolute atomic E-state index is 0.0853. The van der Waals surface area contributed by atoms with E-state index >= 15 is 0 Å². The van der Waals surface area contributed by atoms with Crippen molar-refractivity contribution in [3.8, 4) is 0 Å². The molecular weight excluding hydrogens is 527 g/mol. The maximum atomic E-state index is 14.8. The van der Waals surface area contributed by atoms with E-state index in [9.17, 15) is 17.6 Å². The number of nitrogens with one attached hydrogen (secondary N) is 2.